The Morgan fingerprint density at radius 3 is 2.36 bits per heavy atom. The van der Waals surface area contributed by atoms with E-state index in [0.29, 0.717) is 39.7 Å². The van der Waals surface area contributed by atoms with Crippen LogP contribution in [0.4, 0.5) is 0 Å². The summed E-state index contributed by atoms with van der Waals surface area (Å²) < 4.78 is 38.6. The van der Waals surface area contributed by atoms with Gasteiger partial charge in [0, 0.05) is 12.7 Å². The van der Waals surface area contributed by atoms with Gasteiger partial charge in [-0.2, -0.15) is 0 Å². The van der Waals surface area contributed by atoms with Crippen LogP contribution >= 0.6 is 0 Å². The lowest BCUT2D eigenvalue weighted by Crippen LogP contribution is -2.16. The third-order valence-electron chi connectivity index (χ3n) is 5.38. The number of fused-ring (bicyclic) bond motifs is 3. The van der Waals surface area contributed by atoms with Gasteiger partial charge in [0.15, 0.2) is 23.0 Å². The first kappa shape index (κ1) is 21.4. The number of methoxy groups -OCH3 is 1. The molecule has 3 aromatic rings. The molecule has 0 fully saturated rings. The summed E-state index contributed by atoms with van der Waals surface area (Å²) >= 11 is 0. The molecule has 0 spiro atoms. The van der Waals surface area contributed by atoms with Crippen LogP contribution in [0.1, 0.15) is 29.8 Å². The smallest absolute Gasteiger partial charge is 0.339 e. The van der Waals surface area contributed by atoms with Crippen LogP contribution in [0, 0.1) is 0 Å². The zero-order chi connectivity index (χ0) is 22.9. The maximum absolute atomic E-state index is 13.4. The van der Waals surface area contributed by atoms with E-state index < -0.39 is 5.97 Å². The number of esters is 1. The van der Waals surface area contributed by atoms with E-state index in [0.717, 1.165) is 16.3 Å². The van der Waals surface area contributed by atoms with E-state index in [-0.39, 0.29) is 33.1 Å². The molecule has 0 aromatic heterocycles. The Hall–Kier alpha value is -3.49. The Labute approximate surface area is 190 Å². The van der Waals surface area contributed by atoms with Crippen LogP contribution in [-0.4, -0.2) is 39.6 Å². The number of carbonyl (C=O) groups excluding carboxylic acids is 1. The number of ether oxygens (including phenoxy) is 7. The number of carbonyl (C=O) groups is 1. The van der Waals surface area contributed by atoms with Crippen molar-refractivity contribution < 1.29 is 38.0 Å². The number of benzene rings is 3. The molecule has 2 heterocycles. The minimum Gasteiger partial charge on any atom is -0.459 e. The van der Waals surface area contributed by atoms with E-state index in [1.807, 2.05) is 50.2 Å². The molecule has 8 nitrogen and oxygen atoms in total. The Morgan fingerprint density at radius 2 is 1.64 bits per heavy atom. The first-order valence-electron chi connectivity index (χ1n) is 10.6. The Bertz CT molecular complexity index is 1220. The van der Waals surface area contributed by atoms with Crippen LogP contribution in [0.2, 0.25) is 0 Å². The lowest BCUT2D eigenvalue weighted by Gasteiger charge is -2.19. The molecule has 0 saturated carbocycles. The average Bonchev–Trinajstić information content (AvgIpc) is 3.44. The van der Waals surface area contributed by atoms with Crippen molar-refractivity contribution >= 4 is 16.7 Å². The fraction of sp³-hybridized carbons (Fsp3) is 0.320. The molecule has 33 heavy (non-hydrogen) atoms. The van der Waals surface area contributed by atoms with Crippen molar-refractivity contribution in [2.75, 3.05) is 27.5 Å². The summed E-state index contributed by atoms with van der Waals surface area (Å²) in [6.07, 6.45) is -0.290. The normalized spacial score (nSPS) is 13.7. The van der Waals surface area contributed by atoms with Crippen LogP contribution < -0.4 is 18.9 Å². The van der Waals surface area contributed by atoms with Crippen molar-refractivity contribution in [1.82, 2.24) is 0 Å². The van der Waals surface area contributed by atoms with Gasteiger partial charge in [-0.3, -0.25) is 0 Å². The molecular formula is C25H24O8. The minimum atomic E-state index is -0.437. The molecule has 2 aliphatic heterocycles. The molecule has 0 bridgehead atoms. The number of rotatable bonds is 7. The van der Waals surface area contributed by atoms with Crippen LogP contribution in [0.3, 0.4) is 0 Å². The van der Waals surface area contributed by atoms with E-state index in [2.05, 4.69) is 0 Å². The van der Waals surface area contributed by atoms with Crippen molar-refractivity contribution in [3.63, 3.8) is 0 Å². The van der Waals surface area contributed by atoms with Crippen molar-refractivity contribution in [2.45, 2.75) is 26.6 Å². The highest BCUT2D eigenvalue weighted by Gasteiger charge is 2.27. The summed E-state index contributed by atoms with van der Waals surface area (Å²) in [6, 6.07) is 11.3. The van der Waals surface area contributed by atoms with Crippen LogP contribution in [0.15, 0.2) is 36.4 Å². The maximum Gasteiger partial charge on any atom is 0.339 e. The molecule has 0 radical (unpaired) electrons. The fourth-order valence-electron chi connectivity index (χ4n) is 4.06. The molecule has 2 aliphatic rings. The Balaban J connectivity index is 1.78. The summed E-state index contributed by atoms with van der Waals surface area (Å²) in [5.74, 6) is 2.11. The maximum atomic E-state index is 13.4. The lowest BCUT2D eigenvalue weighted by molar-refractivity contribution is -0.0393. The zero-order valence-electron chi connectivity index (χ0n) is 18.6. The molecule has 8 heteroatoms. The van der Waals surface area contributed by atoms with E-state index in [1.54, 1.807) is 7.11 Å². The van der Waals surface area contributed by atoms with E-state index in [4.69, 9.17) is 33.2 Å². The van der Waals surface area contributed by atoms with E-state index >= 15 is 0 Å². The second kappa shape index (κ2) is 8.80. The summed E-state index contributed by atoms with van der Waals surface area (Å²) in [7, 11) is 1.55. The van der Waals surface area contributed by atoms with E-state index in [9.17, 15) is 4.79 Å². The van der Waals surface area contributed by atoms with Gasteiger partial charge in [-0.1, -0.05) is 6.07 Å². The molecule has 172 valence electrons. The highest BCUT2D eigenvalue weighted by Crippen LogP contribution is 2.44. The van der Waals surface area contributed by atoms with Gasteiger partial charge in [0.25, 0.3) is 0 Å². The molecule has 0 unspecified atom stereocenters. The van der Waals surface area contributed by atoms with Crippen molar-refractivity contribution in [3.05, 3.63) is 47.5 Å². The molecule has 0 amide bonds. The number of hydrogen-bond acceptors (Lipinski definition) is 8. The molecule has 0 N–H and O–H groups in total. The third-order valence-corrected chi connectivity index (χ3v) is 5.38. The highest BCUT2D eigenvalue weighted by molar-refractivity contribution is 6.10. The molecule has 3 aromatic carbocycles. The van der Waals surface area contributed by atoms with Gasteiger partial charge < -0.3 is 33.2 Å². The zero-order valence-corrected chi connectivity index (χ0v) is 18.6. The quantitative estimate of drug-likeness (QED) is 0.291. The van der Waals surface area contributed by atoms with Crippen molar-refractivity contribution in [1.29, 1.82) is 0 Å². The van der Waals surface area contributed by atoms with Gasteiger partial charge in [-0.05, 0) is 66.1 Å². The van der Waals surface area contributed by atoms with Crippen LogP contribution in [-0.2, 0) is 20.8 Å². The minimum absolute atomic E-state index is 0.0944. The van der Waals surface area contributed by atoms with Gasteiger partial charge in [0.05, 0.1) is 18.3 Å². The second-order valence-corrected chi connectivity index (χ2v) is 7.99. The molecule has 0 atom stereocenters. The molecule has 5 rings (SSSR count). The monoisotopic (exact) mass is 452 g/mol. The predicted molar refractivity (Wildman–Crippen MR) is 119 cm³/mol. The SMILES string of the molecule is COCOCc1cc2cc3c(cc2c(-c2ccc4c(c2)OCO4)c1C(=O)OC(C)C)OCO3. The summed E-state index contributed by atoms with van der Waals surface area (Å²) in [4.78, 5) is 13.4. The molecule has 0 aliphatic carbocycles. The highest BCUT2D eigenvalue weighted by atomic mass is 16.7. The van der Waals surface area contributed by atoms with E-state index in [1.165, 1.54) is 0 Å². The van der Waals surface area contributed by atoms with Crippen LogP contribution in [0.25, 0.3) is 21.9 Å². The molecule has 0 saturated heterocycles. The largest absolute Gasteiger partial charge is 0.459 e. The van der Waals surface area contributed by atoms with Crippen molar-refractivity contribution in [2.24, 2.45) is 0 Å². The Kier molecular flexibility index (Phi) is 5.70. The standard InChI is InChI=1S/C25H24O8/c1-14(2)33-25(26)24-17(10-28-11-27-3)6-16-8-21-22(32-13-31-21)9-18(16)23(24)15-4-5-19-20(7-15)30-12-29-19/h4-9,14H,10-13H2,1-3H3. The second-order valence-electron chi connectivity index (χ2n) is 7.99. The van der Waals surface area contributed by atoms with Gasteiger partial charge in [-0.25, -0.2) is 4.79 Å². The van der Waals surface area contributed by atoms with Crippen molar-refractivity contribution in [3.8, 4) is 34.1 Å². The fourth-order valence-corrected chi connectivity index (χ4v) is 4.06. The lowest BCUT2D eigenvalue weighted by atomic mass is 9.89. The number of hydrogen-bond donors (Lipinski definition) is 0. The first-order chi connectivity index (χ1) is 16.0. The van der Waals surface area contributed by atoms with Crippen LogP contribution in [0.5, 0.6) is 23.0 Å². The van der Waals surface area contributed by atoms with Gasteiger partial charge in [-0.15, -0.1) is 0 Å². The molecular weight excluding hydrogens is 428 g/mol. The summed E-state index contributed by atoms with van der Waals surface area (Å²) in [5.41, 5.74) is 2.58. The Morgan fingerprint density at radius 1 is 0.939 bits per heavy atom. The summed E-state index contributed by atoms with van der Waals surface area (Å²) in [6.45, 7) is 4.20. The topological polar surface area (TPSA) is 81.7 Å². The average molecular weight is 452 g/mol. The van der Waals surface area contributed by atoms with Gasteiger partial charge >= 0.3 is 5.97 Å². The summed E-state index contributed by atoms with van der Waals surface area (Å²) in [5, 5.41) is 1.70. The van der Waals surface area contributed by atoms with Gasteiger partial charge in [0.2, 0.25) is 13.6 Å². The third kappa shape index (κ3) is 4.03. The first-order valence-corrected chi connectivity index (χ1v) is 10.6. The predicted octanol–water partition coefficient (Wildman–Crippen LogP) is 4.65. The van der Waals surface area contributed by atoms with Gasteiger partial charge in [0.1, 0.15) is 6.79 Å².